The fourth-order valence-corrected chi connectivity index (χ4v) is 4.27. The molecule has 0 bridgehead atoms. The molecule has 0 saturated carbocycles. The number of rotatable bonds is 4. The Morgan fingerprint density at radius 2 is 1.91 bits per heavy atom. The first kappa shape index (κ1) is 16.5. The van der Waals surface area contributed by atoms with Crippen molar-refractivity contribution in [1.82, 2.24) is 5.32 Å². The number of ether oxygens (including phenoxy) is 1. The highest BCUT2D eigenvalue weighted by atomic mass is 35.5. The first-order valence-electron chi connectivity index (χ1n) is 8.26. The minimum Gasteiger partial charge on any atom is -0.376 e. The van der Waals surface area contributed by atoms with E-state index < -0.39 is 0 Å². The summed E-state index contributed by atoms with van der Waals surface area (Å²) in [4.78, 5) is 0. The van der Waals surface area contributed by atoms with Gasteiger partial charge in [0.25, 0.3) is 0 Å². The molecule has 1 saturated heterocycles. The van der Waals surface area contributed by atoms with E-state index in [0.717, 1.165) is 18.9 Å². The van der Waals surface area contributed by atoms with Crippen LogP contribution in [0.5, 0.6) is 0 Å². The minimum atomic E-state index is 0. The second-order valence-corrected chi connectivity index (χ2v) is 6.56. The largest absolute Gasteiger partial charge is 0.376 e. The number of hydrogen-bond donors (Lipinski definition) is 1. The Hall–Kier alpha value is -1.35. The summed E-state index contributed by atoms with van der Waals surface area (Å²) in [6.45, 7) is 2.31. The molecule has 2 nitrogen and oxygen atoms in total. The molecule has 2 aromatic rings. The molecule has 3 atom stereocenters. The Balaban J connectivity index is 0.00000156. The molecule has 0 radical (unpaired) electrons. The van der Waals surface area contributed by atoms with Crippen LogP contribution in [0, 0.1) is 5.92 Å². The molecule has 4 rings (SSSR count). The van der Waals surface area contributed by atoms with Crippen LogP contribution in [-0.4, -0.2) is 20.2 Å². The molecular formula is C20H24ClNO. The zero-order valence-corrected chi connectivity index (χ0v) is 14.3. The third-order valence-electron chi connectivity index (χ3n) is 5.34. The van der Waals surface area contributed by atoms with Gasteiger partial charge in [0, 0.05) is 26.0 Å². The van der Waals surface area contributed by atoms with Gasteiger partial charge in [-0.15, -0.1) is 12.4 Å². The van der Waals surface area contributed by atoms with Gasteiger partial charge in [0.1, 0.15) is 0 Å². The minimum absolute atomic E-state index is 0. The first-order chi connectivity index (χ1) is 10.9. The monoisotopic (exact) mass is 329 g/mol. The van der Waals surface area contributed by atoms with Crippen LogP contribution in [0.25, 0.3) is 0 Å². The highest BCUT2D eigenvalue weighted by Gasteiger charge is 2.37. The van der Waals surface area contributed by atoms with E-state index in [1.165, 1.54) is 24.1 Å². The summed E-state index contributed by atoms with van der Waals surface area (Å²) in [5.74, 6) is 1.51. The predicted octanol–water partition coefficient (Wildman–Crippen LogP) is 3.90. The summed E-state index contributed by atoms with van der Waals surface area (Å²) in [6, 6.07) is 17.4. The molecule has 0 aromatic heterocycles. The Kier molecular flexibility index (Phi) is 5.05. The SMILES string of the molecule is COC(Cc1cccc2c1C1CNCC1C2)c1ccccc1.Cl. The molecule has 1 fully saturated rings. The average molecular weight is 330 g/mol. The van der Waals surface area contributed by atoms with E-state index in [2.05, 4.69) is 53.8 Å². The van der Waals surface area contributed by atoms with Crippen molar-refractivity contribution in [2.24, 2.45) is 5.92 Å². The Labute approximate surface area is 144 Å². The van der Waals surface area contributed by atoms with Crippen molar-refractivity contribution in [2.75, 3.05) is 20.2 Å². The Bertz CT molecular complexity index is 658. The lowest BCUT2D eigenvalue weighted by molar-refractivity contribution is 0.103. The quantitative estimate of drug-likeness (QED) is 0.918. The summed E-state index contributed by atoms with van der Waals surface area (Å²) < 4.78 is 5.80. The molecule has 1 N–H and O–H groups in total. The molecule has 0 spiro atoms. The van der Waals surface area contributed by atoms with Crippen LogP contribution in [0.2, 0.25) is 0 Å². The number of methoxy groups -OCH3 is 1. The third-order valence-corrected chi connectivity index (χ3v) is 5.34. The van der Waals surface area contributed by atoms with E-state index in [4.69, 9.17) is 4.74 Å². The molecule has 3 unspecified atom stereocenters. The molecule has 2 aromatic carbocycles. The zero-order chi connectivity index (χ0) is 14.9. The highest BCUT2D eigenvalue weighted by Crippen LogP contribution is 2.42. The molecule has 23 heavy (non-hydrogen) atoms. The summed E-state index contributed by atoms with van der Waals surface area (Å²) in [6.07, 6.45) is 2.35. The van der Waals surface area contributed by atoms with Crippen molar-refractivity contribution in [3.05, 3.63) is 70.8 Å². The fraction of sp³-hybridized carbons (Fsp3) is 0.400. The topological polar surface area (TPSA) is 21.3 Å². The molecule has 1 heterocycles. The zero-order valence-electron chi connectivity index (χ0n) is 13.5. The average Bonchev–Trinajstić information content (AvgIpc) is 3.14. The number of halogens is 1. The molecular weight excluding hydrogens is 306 g/mol. The first-order valence-corrected chi connectivity index (χ1v) is 8.26. The maximum absolute atomic E-state index is 5.80. The number of nitrogens with one attached hydrogen (secondary N) is 1. The predicted molar refractivity (Wildman–Crippen MR) is 96.4 cm³/mol. The second kappa shape index (κ2) is 7.04. The summed E-state index contributed by atoms with van der Waals surface area (Å²) >= 11 is 0. The standard InChI is InChI=1S/C20H23NO.ClH/c1-22-19(14-6-3-2-4-7-14)11-16-9-5-8-15-10-17-12-21-13-18(17)20(15)16;/h2-9,17-19,21H,10-13H2,1H3;1H. The van der Waals surface area contributed by atoms with E-state index in [-0.39, 0.29) is 18.5 Å². The molecule has 2 aliphatic rings. The van der Waals surface area contributed by atoms with Crippen molar-refractivity contribution >= 4 is 12.4 Å². The van der Waals surface area contributed by atoms with Crippen molar-refractivity contribution in [2.45, 2.75) is 24.9 Å². The van der Waals surface area contributed by atoms with Crippen LogP contribution in [0.15, 0.2) is 48.5 Å². The summed E-state index contributed by atoms with van der Waals surface area (Å²) in [5.41, 5.74) is 5.92. The number of hydrogen-bond acceptors (Lipinski definition) is 2. The van der Waals surface area contributed by atoms with Gasteiger partial charge in [0.2, 0.25) is 0 Å². The number of benzene rings is 2. The summed E-state index contributed by atoms with van der Waals surface area (Å²) in [7, 11) is 1.82. The molecule has 1 aliphatic carbocycles. The Morgan fingerprint density at radius 3 is 2.70 bits per heavy atom. The summed E-state index contributed by atoms with van der Waals surface area (Å²) in [5, 5.41) is 3.56. The van der Waals surface area contributed by atoms with Crippen LogP contribution < -0.4 is 5.32 Å². The molecule has 0 amide bonds. The third kappa shape index (κ3) is 3.03. The maximum Gasteiger partial charge on any atom is 0.0861 e. The van der Waals surface area contributed by atoms with Crippen LogP contribution in [-0.2, 0) is 17.6 Å². The van der Waals surface area contributed by atoms with Crippen LogP contribution >= 0.6 is 12.4 Å². The van der Waals surface area contributed by atoms with Crippen LogP contribution in [0.1, 0.15) is 34.3 Å². The van der Waals surface area contributed by atoms with Gasteiger partial charge in [-0.3, -0.25) is 0 Å². The van der Waals surface area contributed by atoms with Crippen molar-refractivity contribution in [3.63, 3.8) is 0 Å². The van der Waals surface area contributed by atoms with Gasteiger partial charge in [-0.25, -0.2) is 0 Å². The maximum atomic E-state index is 5.80. The lowest BCUT2D eigenvalue weighted by Crippen LogP contribution is -2.12. The van der Waals surface area contributed by atoms with Gasteiger partial charge in [-0.2, -0.15) is 0 Å². The fourth-order valence-electron chi connectivity index (χ4n) is 4.27. The van der Waals surface area contributed by atoms with Gasteiger partial charge in [-0.05, 0) is 41.1 Å². The van der Waals surface area contributed by atoms with Gasteiger partial charge in [0.05, 0.1) is 6.10 Å². The van der Waals surface area contributed by atoms with Gasteiger partial charge >= 0.3 is 0 Å². The van der Waals surface area contributed by atoms with E-state index in [0.29, 0.717) is 5.92 Å². The van der Waals surface area contributed by atoms with Crippen LogP contribution in [0.3, 0.4) is 0 Å². The van der Waals surface area contributed by atoms with Crippen molar-refractivity contribution < 1.29 is 4.74 Å². The highest BCUT2D eigenvalue weighted by molar-refractivity contribution is 5.85. The van der Waals surface area contributed by atoms with Crippen molar-refractivity contribution in [3.8, 4) is 0 Å². The number of fused-ring (bicyclic) bond motifs is 3. The van der Waals surface area contributed by atoms with Gasteiger partial charge < -0.3 is 10.1 Å². The lowest BCUT2D eigenvalue weighted by Gasteiger charge is -2.20. The lowest BCUT2D eigenvalue weighted by atomic mass is 9.89. The molecule has 3 heteroatoms. The Morgan fingerprint density at radius 1 is 1.09 bits per heavy atom. The van der Waals surface area contributed by atoms with E-state index in [1.807, 2.05) is 7.11 Å². The second-order valence-electron chi connectivity index (χ2n) is 6.56. The van der Waals surface area contributed by atoms with Crippen LogP contribution in [0.4, 0.5) is 0 Å². The van der Waals surface area contributed by atoms with Gasteiger partial charge in [-0.1, -0.05) is 48.5 Å². The smallest absolute Gasteiger partial charge is 0.0861 e. The molecule has 1 aliphatic heterocycles. The normalized spacial score (nSPS) is 23.0. The van der Waals surface area contributed by atoms with E-state index >= 15 is 0 Å². The van der Waals surface area contributed by atoms with E-state index in [9.17, 15) is 0 Å². The van der Waals surface area contributed by atoms with E-state index in [1.54, 1.807) is 11.1 Å². The van der Waals surface area contributed by atoms with Crippen molar-refractivity contribution in [1.29, 1.82) is 0 Å². The van der Waals surface area contributed by atoms with Gasteiger partial charge in [0.15, 0.2) is 0 Å². The molecule has 122 valence electrons.